The standard InChI is InChI=1S/C10H20N2O4S/c1-10(2,3)11-17(15,16)12-7-5-4-6-8(12)9(13)14/h8,11H,4-7H2,1-3H3,(H,13,14)/t8-/m0/s1. The number of carboxylic acids is 1. The first-order valence-corrected chi connectivity index (χ1v) is 7.11. The molecule has 0 bridgehead atoms. The van der Waals surface area contributed by atoms with Crippen LogP contribution in [-0.4, -0.2) is 41.9 Å². The molecule has 1 fully saturated rings. The molecule has 0 aromatic heterocycles. The second kappa shape index (κ2) is 4.91. The first kappa shape index (κ1) is 14.4. The van der Waals surface area contributed by atoms with Crippen molar-refractivity contribution in [2.45, 2.75) is 51.6 Å². The first-order chi connectivity index (χ1) is 7.63. The molecule has 0 aromatic rings. The number of carbonyl (C=O) groups is 1. The molecule has 7 heteroatoms. The van der Waals surface area contributed by atoms with Crippen LogP contribution in [0.1, 0.15) is 40.0 Å². The molecule has 100 valence electrons. The topological polar surface area (TPSA) is 86.7 Å². The molecular formula is C10H20N2O4S. The number of piperidine rings is 1. The fraction of sp³-hybridized carbons (Fsp3) is 0.900. The fourth-order valence-corrected chi connectivity index (χ4v) is 3.68. The molecule has 0 unspecified atom stereocenters. The molecule has 17 heavy (non-hydrogen) atoms. The highest BCUT2D eigenvalue weighted by molar-refractivity contribution is 7.87. The molecular weight excluding hydrogens is 244 g/mol. The van der Waals surface area contributed by atoms with Gasteiger partial charge in [-0.1, -0.05) is 0 Å². The minimum Gasteiger partial charge on any atom is -0.480 e. The van der Waals surface area contributed by atoms with Crippen LogP contribution in [0.15, 0.2) is 0 Å². The van der Waals surface area contributed by atoms with Crippen LogP contribution < -0.4 is 4.72 Å². The van der Waals surface area contributed by atoms with E-state index in [0.717, 1.165) is 10.7 Å². The summed E-state index contributed by atoms with van der Waals surface area (Å²) in [4.78, 5) is 11.0. The zero-order valence-corrected chi connectivity index (χ0v) is 11.2. The number of nitrogens with one attached hydrogen (secondary N) is 1. The smallest absolute Gasteiger partial charge is 0.322 e. The summed E-state index contributed by atoms with van der Waals surface area (Å²) in [6.07, 6.45) is 1.83. The lowest BCUT2D eigenvalue weighted by Crippen LogP contribution is -2.55. The third kappa shape index (κ3) is 3.93. The summed E-state index contributed by atoms with van der Waals surface area (Å²) < 4.78 is 27.7. The molecule has 0 aromatic carbocycles. The van der Waals surface area contributed by atoms with E-state index >= 15 is 0 Å². The van der Waals surface area contributed by atoms with Crippen molar-refractivity contribution < 1.29 is 18.3 Å². The van der Waals surface area contributed by atoms with Crippen LogP contribution in [0.2, 0.25) is 0 Å². The summed E-state index contributed by atoms with van der Waals surface area (Å²) in [5.41, 5.74) is -0.612. The van der Waals surface area contributed by atoms with Crippen molar-refractivity contribution in [3.8, 4) is 0 Å². The molecule has 0 aliphatic carbocycles. The van der Waals surface area contributed by atoms with Gasteiger partial charge >= 0.3 is 5.97 Å². The van der Waals surface area contributed by atoms with Gasteiger partial charge in [-0.15, -0.1) is 0 Å². The second-order valence-corrected chi connectivity index (χ2v) is 6.94. The molecule has 1 aliphatic rings. The van der Waals surface area contributed by atoms with Gasteiger partial charge < -0.3 is 5.11 Å². The van der Waals surface area contributed by atoms with Gasteiger partial charge in [0.1, 0.15) is 6.04 Å². The monoisotopic (exact) mass is 264 g/mol. The Kier molecular flexibility index (Phi) is 4.16. The number of aliphatic carboxylic acids is 1. The van der Waals surface area contributed by atoms with Crippen molar-refractivity contribution in [1.29, 1.82) is 0 Å². The third-order valence-corrected chi connectivity index (χ3v) is 4.41. The van der Waals surface area contributed by atoms with Gasteiger partial charge in [-0.25, -0.2) is 0 Å². The Labute approximate surface area is 102 Å². The molecule has 1 aliphatic heterocycles. The molecule has 1 rings (SSSR count). The highest BCUT2D eigenvalue weighted by Crippen LogP contribution is 2.21. The Morgan fingerprint density at radius 3 is 2.41 bits per heavy atom. The molecule has 1 atom stereocenters. The zero-order chi connectivity index (χ0) is 13.3. The first-order valence-electron chi connectivity index (χ1n) is 5.67. The van der Waals surface area contributed by atoms with Gasteiger partial charge in [0.25, 0.3) is 10.2 Å². The maximum atomic E-state index is 12.1. The van der Waals surface area contributed by atoms with Gasteiger partial charge in [-0.05, 0) is 40.0 Å². The van der Waals surface area contributed by atoms with E-state index in [9.17, 15) is 13.2 Å². The summed E-state index contributed by atoms with van der Waals surface area (Å²) in [5.74, 6) is -1.08. The van der Waals surface area contributed by atoms with E-state index in [0.29, 0.717) is 12.8 Å². The number of hydrogen-bond donors (Lipinski definition) is 2. The van der Waals surface area contributed by atoms with Gasteiger partial charge in [0, 0.05) is 12.1 Å². The van der Waals surface area contributed by atoms with Gasteiger partial charge in [0.2, 0.25) is 0 Å². The summed E-state index contributed by atoms with van der Waals surface area (Å²) in [6.45, 7) is 5.45. The van der Waals surface area contributed by atoms with Gasteiger partial charge in [-0.2, -0.15) is 17.4 Å². The Morgan fingerprint density at radius 1 is 1.35 bits per heavy atom. The minimum absolute atomic E-state index is 0.266. The molecule has 0 radical (unpaired) electrons. The molecule has 0 spiro atoms. The number of rotatable bonds is 3. The predicted octanol–water partition coefficient (Wildman–Crippen LogP) is 0.558. The van der Waals surface area contributed by atoms with Crippen LogP contribution in [-0.2, 0) is 15.0 Å². The van der Waals surface area contributed by atoms with Crippen molar-refractivity contribution in [2.24, 2.45) is 0 Å². The van der Waals surface area contributed by atoms with Crippen molar-refractivity contribution >= 4 is 16.2 Å². The summed E-state index contributed by atoms with van der Waals surface area (Å²) in [5, 5.41) is 9.04. The van der Waals surface area contributed by atoms with E-state index in [1.54, 1.807) is 20.8 Å². The fourth-order valence-electron chi connectivity index (χ4n) is 1.89. The van der Waals surface area contributed by atoms with E-state index in [-0.39, 0.29) is 6.54 Å². The Balaban J connectivity index is 2.91. The molecule has 2 N–H and O–H groups in total. The van der Waals surface area contributed by atoms with E-state index in [1.165, 1.54) is 0 Å². The SMILES string of the molecule is CC(C)(C)NS(=O)(=O)N1CCCC[C@H]1C(=O)O. The van der Waals surface area contributed by atoms with Gasteiger partial charge in [0.05, 0.1) is 0 Å². The quantitative estimate of drug-likeness (QED) is 0.779. The van der Waals surface area contributed by atoms with E-state index < -0.39 is 27.8 Å². The zero-order valence-electron chi connectivity index (χ0n) is 10.4. The normalized spacial score (nSPS) is 23.6. The van der Waals surface area contributed by atoms with Crippen LogP contribution in [0.5, 0.6) is 0 Å². The highest BCUT2D eigenvalue weighted by Gasteiger charge is 2.38. The summed E-state index contributed by atoms with van der Waals surface area (Å²) in [6, 6.07) is -0.941. The van der Waals surface area contributed by atoms with Crippen molar-refractivity contribution in [3.63, 3.8) is 0 Å². The van der Waals surface area contributed by atoms with E-state index in [4.69, 9.17) is 5.11 Å². The van der Waals surface area contributed by atoms with Crippen LogP contribution in [0.4, 0.5) is 0 Å². The van der Waals surface area contributed by atoms with Crippen LogP contribution >= 0.6 is 0 Å². The molecule has 6 nitrogen and oxygen atoms in total. The third-order valence-electron chi connectivity index (χ3n) is 2.48. The largest absolute Gasteiger partial charge is 0.480 e. The molecule has 0 amide bonds. The lowest BCUT2D eigenvalue weighted by atomic mass is 10.1. The molecule has 1 saturated heterocycles. The van der Waals surface area contributed by atoms with Crippen LogP contribution in [0, 0.1) is 0 Å². The summed E-state index contributed by atoms with van der Waals surface area (Å²) >= 11 is 0. The Morgan fingerprint density at radius 2 is 1.94 bits per heavy atom. The number of carboxylic acid groups (broad SMARTS) is 1. The lowest BCUT2D eigenvalue weighted by Gasteiger charge is -2.34. The van der Waals surface area contributed by atoms with E-state index in [1.807, 2.05) is 0 Å². The maximum absolute atomic E-state index is 12.1. The Hall–Kier alpha value is -0.660. The molecule has 1 heterocycles. The maximum Gasteiger partial charge on any atom is 0.322 e. The van der Waals surface area contributed by atoms with Gasteiger partial charge in [0.15, 0.2) is 0 Å². The van der Waals surface area contributed by atoms with Crippen molar-refractivity contribution in [2.75, 3.05) is 6.54 Å². The summed E-state index contributed by atoms with van der Waals surface area (Å²) in [7, 11) is -3.73. The van der Waals surface area contributed by atoms with Crippen LogP contribution in [0.25, 0.3) is 0 Å². The second-order valence-electron chi connectivity index (χ2n) is 5.32. The lowest BCUT2D eigenvalue weighted by molar-refractivity contribution is -0.142. The van der Waals surface area contributed by atoms with Crippen LogP contribution in [0.3, 0.4) is 0 Å². The number of hydrogen-bond acceptors (Lipinski definition) is 3. The van der Waals surface area contributed by atoms with Gasteiger partial charge in [-0.3, -0.25) is 4.79 Å². The minimum atomic E-state index is -3.73. The Bertz CT molecular complexity index is 386. The van der Waals surface area contributed by atoms with Crippen molar-refractivity contribution in [3.05, 3.63) is 0 Å². The average Bonchev–Trinajstić information content (AvgIpc) is 2.14. The average molecular weight is 264 g/mol. The predicted molar refractivity (Wildman–Crippen MR) is 63.8 cm³/mol. The molecule has 0 saturated carbocycles. The number of nitrogens with zero attached hydrogens (tertiary/aromatic N) is 1. The van der Waals surface area contributed by atoms with Crippen molar-refractivity contribution in [1.82, 2.24) is 9.03 Å². The van der Waals surface area contributed by atoms with E-state index in [2.05, 4.69) is 4.72 Å². The highest BCUT2D eigenvalue weighted by atomic mass is 32.2.